The zero-order valence-corrected chi connectivity index (χ0v) is 14.0. The maximum Gasteiger partial charge on any atom is 0.254 e. The number of aryl methyl sites for hydroxylation is 1. The third-order valence-electron chi connectivity index (χ3n) is 5.11. The van der Waals surface area contributed by atoms with Crippen LogP contribution in [0.3, 0.4) is 0 Å². The van der Waals surface area contributed by atoms with Crippen LogP contribution in [0.1, 0.15) is 24.8 Å². The number of hydrogen-bond donors (Lipinski definition) is 2. The van der Waals surface area contributed by atoms with Crippen molar-refractivity contribution in [2.24, 2.45) is 5.41 Å². The minimum atomic E-state index is -1.16. The predicted molar refractivity (Wildman–Crippen MR) is 88.6 cm³/mol. The Morgan fingerprint density at radius 1 is 1.38 bits per heavy atom. The summed E-state index contributed by atoms with van der Waals surface area (Å²) in [5, 5.41) is 13.0. The SMILES string of the molecule is Cc1ccccc1OCC(O)C(=O)N1CCC2(CC1)CNC(=O)C2. The molecule has 0 aromatic heterocycles. The molecule has 2 saturated heterocycles. The number of rotatable bonds is 4. The summed E-state index contributed by atoms with van der Waals surface area (Å²) in [4.78, 5) is 25.5. The van der Waals surface area contributed by atoms with E-state index >= 15 is 0 Å². The second-order valence-corrected chi connectivity index (χ2v) is 6.87. The number of aliphatic hydroxyl groups is 1. The Morgan fingerprint density at radius 3 is 2.71 bits per heavy atom. The van der Waals surface area contributed by atoms with Crippen LogP contribution in [-0.4, -0.2) is 54.2 Å². The number of benzene rings is 1. The third-order valence-corrected chi connectivity index (χ3v) is 5.11. The molecule has 0 bridgehead atoms. The first-order chi connectivity index (χ1) is 11.5. The van der Waals surface area contributed by atoms with Gasteiger partial charge in [-0.1, -0.05) is 18.2 Å². The molecule has 1 unspecified atom stereocenters. The largest absolute Gasteiger partial charge is 0.490 e. The van der Waals surface area contributed by atoms with Gasteiger partial charge in [-0.25, -0.2) is 0 Å². The molecule has 2 heterocycles. The fourth-order valence-electron chi connectivity index (χ4n) is 3.48. The number of ether oxygens (including phenoxy) is 1. The number of carbonyl (C=O) groups is 2. The number of para-hydroxylation sites is 1. The zero-order valence-electron chi connectivity index (χ0n) is 14.0. The molecule has 6 nitrogen and oxygen atoms in total. The van der Waals surface area contributed by atoms with Crippen molar-refractivity contribution in [3.8, 4) is 5.75 Å². The Balaban J connectivity index is 1.50. The molecule has 2 N–H and O–H groups in total. The minimum absolute atomic E-state index is 0.00351. The molecule has 24 heavy (non-hydrogen) atoms. The molecule has 130 valence electrons. The molecular formula is C18H24N2O4. The van der Waals surface area contributed by atoms with Gasteiger partial charge in [-0.3, -0.25) is 9.59 Å². The number of hydrogen-bond acceptors (Lipinski definition) is 4. The third kappa shape index (κ3) is 3.53. The number of amides is 2. The standard InChI is InChI=1S/C18H24N2O4/c1-13-4-2-3-5-15(13)24-11-14(21)17(23)20-8-6-18(7-9-20)10-16(22)19-12-18/h2-5,14,21H,6-12H2,1H3,(H,19,22). The molecule has 1 aromatic carbocycles. The van der Waals surface area contributed by atoms with Crippen LogP contribution >= 0.6 is 0 Å². The molecule has 6 heteroatoms. The molecule has 2 aliphatic rings. The van der Waals surface area contributed by atoms with E-state index in [0.717, 1.165) is 18.4 Å². The molecule has 1 spiro atoms. The van der Waals surface area contributed by atoms with Gasteiger partial charge in [0.25, 0.3) is 5.91 Å². The lowest BCUT2D eigenvalue weighted by atomic mass is 9.77. The highest BCUT2D eigenvalue weighted by molar-refractivity contribution is 5.81. The van der Waals surface area contributed by atoms with Crippen LogP contribution in [0.25, 0.3) is 0 Å². The van der Waals surface area contributed by atoms with E-state index in [9.17, 15) is 14.7 Å². The van der Waals surface area contributed by atoms with E-state index in [0.29, 0.717) is 31.8 Å². The van der Waals surface area contributed by atoms with Crippen LogP contribution in [-0.2, 0) is 9.59 Å². The van der Waals surface area contributed by atoms with Crippen molar-refractivity contribution in [2.45, 2.75) is 32.3 Å². The second-order valence-electron chi connectivity index (χ2n) is 6.87. The summed E-state index contributed by atoms with van der Waals surface area (Å²) in [6, 6.07) is 7.51. The van der Waals surface area contributed by atoms with Crippen LogP contribution in [0.4, 0.5) is 0 Å². The van der Waals surface area contributed by atoms with Gasteiger partial charge in [-0.2, -0.15) is 0 Å². The van der Waals surface area contributed by atoms with Crippen molar-refractivity contribution in [3.63, 3.8) is 0 Å². The van der Waals surface area contributed by atoms with Crippen molar-refractivity contribution < 1.29 is 19.4 Å². The lowest BCUT2D eigenvalue weighted by Crippen LogP contribution is -2.48. The zero-order chi connectivity index (χ0) is 17.2. The number of piperidine rings is 1. The quantitative estimate of drug-likeness (QED) is 0.857. The molecule has 0 radical (unpaired) electrons. The highest BCUT2D eigenvalue weighted by atomic mass is 16.5. The Kier molecular flexibility index (Phi) is 4.76. The molecule has 2 aliphatic heterocycles. The number of nitrogens with one attached hydrogen (secondary N) is 1. The van der Waals surface area contributed by atoms with Crippen LogP contribution in [0, 0.1) is 12.3 Å². The van der Waals surface area contributed by atoms with E-state index in [1.165, 1.54) is 0 Å². The van der Waals surface area contributed by atoms with Gasteiger partial charge in [0, 0.05) is 26.1 Å². The first kappa shape index (κ1) is 16.8. The highest BCUT2D eigenvalue weighted by Crippen LogP contribution is 2.37. The van der Waals surface area contributed by atoms with Crippen molar-refractivity contribution in [1.82, 2.24) is 10.2 Å². The summed E-state index contributed by atoms with van der Waals surface area (Å²) in [7, 11) is 0. The molecule has 2 amide bonds. The highest BCUT2D eigenvalue weighted by Gasteiger charge is 2.42. The number of nitrogens with zero attached hydrogens (tertiary/aromatic N) is 1. The van der Waals surface area contributed by atoms with Crippen molar-refractivity contribution in [1.29, 1.82) is 0 Å². The van der Waals surface area contributed by atoms with E-state index in [4.69, 9.17) is 4.74 Å². The summed E-state index contributed by atoms with van der Waals surface area (Å²) in [5.41, 5.74) is 0.965. The van der Waals surface area contributed by atoms with Gasteiger partial charge in [-0.15, -0.1) is 0 Å². The van der Waals surface area contributed by atoms with E-state index < -0.39 is 6.10 Å². The van der Waals surface area contributed by atoms with Gasteiger partial charge >= 0.3 is 0 Å². The predicted octanol–water partition coefficient (Wildman–Crippen LogP) is 0.863. The first-order valence-electron chi connectivity index (χ1n) is 8.41. The van der Waals surface area contributed by atoms with Gasteiger partial charge in [0.1, 0.15) is 12.4 Å². The van der Waals surface area contributed by atoms with Crippen molar-refractivity contribution in [2.75, 3.05) is 26.2 Å². The van der Waals surface area contributed by atoms with E-state index in [1.807, 2.05) is 31.2 Å². The average Bonchev–Trinajstić information content (AvgIpc) is 2.94. The summed E-state index contributed by atoms with van der Waals surface area (Å²) in [6.07, 6.45) is 0.974. The Morgan fingerprint density at radius 2 is 2.08 bits per heavy atom. The number of likely N-dealkylation sites (tertiary alicyclic amines) is 1. The molecule has 1 atom stereocenters. The van der Waals surface area contributed by atoms with E-state index in [1.54, 1.807) is 4.90 Å². The van der Waals surface area contributed by atoms with Crippen LogP contribution < -0.4 is 10.1 Å². The molecular weight excluding hydrogens is 308 g/mol. The molecule has 0 aliphatic carbocycles. The normalized spacial score (nSPS) is 20.8. The van der Waals surface area contributed by atoms with Crippen molar-refractivity contribution >= 4 is 11.8 Å². The van der Waals surface area contributed by atoms with Crippen LogP contribution in [0.15, 0.2) is 24.3 Å². The Hall–Kier alpha value is -2.08. The number of carbonyl (C=O) groups excluding carboxylic acids is 2. The summed E-state index contributed by atoms with van der Waals surface area (Å²) in [5.74, 6) is 0.481. The lowest BCUT2D eigenvalue weighted by molar-refractivity contribution is -0.143. The summed E-state index contributed by atoms with van der Waals surface area (Å²) < 4.78 is 5.57. The topological polar surface area (TPSA) is 78.9 Å². The van der Waals surface area contributed by atoms with Gasteiger partial charge in [-0.05, 0) is 36.8 Å². The molecule has 2 fully saturated rings. The number of aliphatic hydroxyl groups excluding tert-OH is 1. The van der Waals surface area contributed by atoms with Gasteiger partial charge in [0.05, 0.1) is 0 Å². The Bertz CT molecular complexity index is 623. The fraction of sp³-hybridized carbons (Fsp3) is 0.556. The monoisotopic (exact) mass is 332 g/mol. The van der Waals surface area contributed by atoms with Gasteiger partial charge in [0.15, 0.2) is 6.10 Å². The Labute approximate surface area is 141 Å². The maximum absolute atomic E-state index is 12.4. The minimum Gasteiger partial charge on any atom is -0.490 e. The first-order valence-corrected chi connectivity index (χ1v) is 8.41. The lowest BCUT2D eigenvalue weighted by Gasteiger charge is -2.38. The fourth-order valence-corrected chi connectivity index (χ4v) is 3.48. The maximum atomic E-state index is 12.4. The van der Waals surface area contributed by atoms with E-state index in [2.05, 4.69) is 5.32 Å². The van der Waals surface area contributed by atoms with Gasteiger partial charge in [0.2, 0.25) is 5.91 Å². The van der Waals surface area contributed by atoms with Gasteiger partial charge < -0.3 is 20.1 Å². The van der Waals surface area contributed by atoms with Crippen molar-refractivity contribution in [3.05, 3.63) is 29.8 Å². The molecule has 0 saturated carbocycles. The summed E-state index contributed by atoms with van der Waals surface area (Å²) in [6.45, 7) is 3.73. The summed E-state index contributed by atoms with van der Waals surface area (Å²) >= 11 is 0. The van der Waals surface area contributed by atoms with Crippen LogP contribution in [0.5, 0.6) is 5.75 Å². The molecule has 3 rings (SSSR count). The van der Waals surface area contributed by atoms with E-state index in [-0.39, 0.29) is 23.8 Å². The average molecular weight is 332 g/mol. The second kappa shape index (κ2) is 6.81. The van der Waals surface area contributed by atoms with Crippen LogP contribution in [0.2, 0.25) is 0 Å². The smallest absolute Gasteiger partial charge is 0.254 e. The molecule has 1 aromatic rings.